The molecule has 1 aromatic heterocycles. The van der Waals surface area contributed by atoms with Crippen molar-refractivity contribution < 1.29 is 0 Å². The maximum absolute atomic E-state index is 3.51. The van der Waals surface area contributed by atoms with Gasteiger partial charge in [0.2, 0.25) is 0 Å². The second kappa shape index (κ2) is 6.70. The summed E-state index contributed by atoms with van der Waals surface area (Å²) in [6.45, 7) is 5.68. The molecule has 0 aliphatic rings. The highest BCUT2D eigenvalue weighted by Crippen LogP contribution is 2.24. The first kappa shape index (κ1) is 15.4. The molecule has 0 bridgehead atoms. The van der Waals surface area contributed by atoms with Crippen molar-refractivity contribution in [2.45, 2.75) is 33.2 Å². The maximum atomic E-state index is 3.51. The van der Waals surface area contributed by atoms with Crippen LogP contribution in [-0.2, 0) is 13.0 Å². The van der Waals surface area contributed by atoms with Crippen molar-refractivity contribution in [3.05, 3.63) is 70.3 Å². The summed E-state index contributed by atoms with van der Waals surface area (Å²) in [5, 5.41) is 1.35. The molecule has 0 aliphatic heterocycles. The Hall–Kier alpha value is -1.54. The molecule has 0 atom stereocenters. The average molecular weight is 356 g/mol. The Bertz CT molecular complexity index is 753. The zero-order chi connectivity index (χ0) is 15.5. The molecule has 0 aliphatic carbocycles. The van der Waals surface area contributed by atoms with E-state index in [4.69, 9.17) is 0 Å². The fourth-order valence-electron chi connectivity index (χ4n) is 2.88. The van der Waals surface area contributed by atoms with Crippen LogP contribution in [0.5, 0.6) is 0 Å². The maximum Gasteiger partial charge on any atom is 0.0482 e. The highest BCUT2D eigenvalue weighted by molar-refractivity contribution is 9.10. The van der Waals surface area contributed by atoms with E-state index in [0.717, 1.165) is 23.4 Å². The number of rotatable bonds is 5. The molecule has 2 heteroatoms. The number of nitrogens with zero attached hydrogens (tertiary/aromatic N) is 1. The van der Waals surface area contributed by atoms with Crippen molar-refractivity contribution in [3.8, 4) is 0 Å². The van der Waals surface area contributed by atoms with Gasteiger partial charge >= 0.3 is 0 Å². The summed E-state index contributed by atoms with van der Waals surface area (Å²) in [7, 11) is 0. The molecule has 0 saturated heterocycles. The predicted octanol–water partition coefficient (Wildman–Crippen LogP) is 6.04. The number of aryl methyl sites for hydroxylation is 1. The van der Waals surface area contributed by atoms with E-state index in [-0.39, 0.29) is 0 Å². The Morgan fingerprint density at radius 3 is 2.45 bits per heavy atom. The van der Waals surface area contributed by atoms with Crippen LogP contribution in [0.1, 0.15) is 31.5 Å². The van der Waals surface area contributed by atoms with Gasteiger partial charge in [0.15, 0.2) is 0 Å². The van der Waals surface area contributed by atoms with Crippen LogP contribution in [-0.4, -0.2) is 4.57 Å². The molecule has 0 fully saturated rings. The molecule has 22 heavy (non-hydrogen) atoms. The molecular formula is C20H22BrN. The third-order valence-electron chi connectivity index (χ3n) is 4.12. The van der Waals surface area contributed by atoms with E-state index in [1.54, 1.807) is 0 Å². The molecule has 0 N–H and O–H groups in total. The summed E-state index contributed by atoms with van der Waals surface area (Å²) >= 11 is 3.51. The van der Waals surface area contributed by atoms with Crippen molar-refractivity contribution in [2.75, 3.05) is 0 Å². The van der Waals surface area contributed by atoms with E-state index in [0.29, 0.717) is 0 Å². The normalized spacial score (nSPS) is 11.5. The molecule has 0 unspecified atom stereocenters. The zero-order valence-electron chi connectivity index (χ0n) is 13.2. The minimum atomic E-state index is 0.724. The smallest absolute Gasteiger partial charge is 0.0482 e. The lowest BCUT2D eigenvalue weighted by molar-refractivity contribution is 0.517. The first-order valence-electron chi connectivity index (χ1n) is 7.95. The first-order chi connectivity index (χ1) is 10.6. The van der Waals surface area contributed by atoms with E-state index in [1.165, 1.54) is 28.6 Å². The summed E-state index contributed by atoms with van der Waals surface area (Å²) in [5.74, 6) is 0.724. The number of benzene rings is 2. The summed E-state index contributed by atoms with van der Waals surface area (Å²) < 4.78 is 3.63. The fraction of sp³-hybridized carbons (Fsp3) is 0.300. The quantitative estimate of drug-likeness (QED) is 0.525. The minimum Gasteiger partial charge on any atom is -0.344 e. The summed E-state index contributed by atoms with van der Waals surface area (Å²) in [6, 6.07) is 19.7. The third-order valence-corrected chi connectivity index (χ3v) is 4.65. The van der Waals surface area contributed by atoms with Crippen LogP contribution in [0.3, 0.4) is 0 Å². The number of fused-ring (bicyclic) bond motifs is 1. The Labute approximate surface area is 141 Å². The standard InChI is InChI=1S/C20H22BrN/c1-15(2)11-12-22-19(13-16-7-9-18(21)10-8-16)14-17-5-3-4-6-20(17)22/h3-10,14-15H,11-13H2,1-2H3. The molecule has 3 aromatic rings. The van der Waals surface area contributed by atoms with Gasteiger partial charge in [0.1, 0.15) is 0 Å². The van der Waals surface area contributed by atoms with E-state index in [9.17, 15) is 0 Å². The van der Waals surface area contributed by atoms with Crippen molar-refractivity contribution in [2.24, 2.45) is 5.92 Å². The largest absolute Gasteiger partial charge is 0.344 e. The van der Waals surface area contributed by atoms with Crippen molar-refractivity contribution in [3.63, 3.8) is 0 Å². The molecule has 2 aromatic carbocycles. The SMILES string of the molecule is CC(C)CCn1c(Cc2ccc(Br)cc2)cc2ccccc21. The minimum absolute atomic E-state index is 0.724. The predicted molar refractivity (Wildman–Crippen MR) is 98.3 cm³/mol. The number of hydrogen-bond donors (Lipinski definition) is 0. The summed E-state index contributed by atoms with van der Waals surface area (Å²) in [6.07, 6.45) is 2.20. The van der Waals surface area contributed by atoms with Crippen LogP contribution in [0.25, 0.3) is 10.9 Å². The van der Waals surface area contributed by atoms with Crippen LogP contribution in [0, 0.1) is 5.92 Å². The van der Waals surface area contributed by atoms with Crippen molar-refractivity contribution in [1.29, 1.82) is 0 Å². The molecule has 1 nitrogen and oxygen atoms in total. The van der Waals surface area contributed by atoms with Crippen LogP contribution >= 0.6 is 15.9 Å². The van der Waals surface area contributed by atoms with Crippen LogP contribution in [0.2, 0.25) is 0 Å². The Kier molecular flexibility index (Phi) is 4.68. The van der Waals surface area contributed by atoms with Crippen molar-refractivity contribution >= 4 is 26.8 Å². The molecule has 0 saturated carbocycles. The van der Waals surface area contributed by atoms with E-state index < -0.39 is 0 Å². The Morgan fingerprint density at radius 1 is 1.00 bits per heavy atom. The number of halogens is 1. The lowest BCUT2D eigenvalue weighted by atomic mass is 10.1. The highest BCUT2D eigenvalue weighted by atomic mass is 79.9. The number of hydrogen-bond acceptors (Lipinski definition) is 0. The summed E-state index contributed by atoms with van der Waals surface area (Å²) in [4.78, 5) is 0. The van der Waals surface area contributed by atoms with Gasteiger partial charge < -0.3 is 4.57 Å². The lowest BCUT2D eigenvalue weighted by Gasteiger charge is -2.12. The van der Waals surface area contributed by atoms with Gasteiger partial charge in [0.05, 0.1) is 0 Å². The van der Waals surface area contributed by atoms with Gasteiger partial charge in [0.25, 0.3) is 0 Å². The highest BCUT2D eigenvalue weighted by Gasteiger charge is 2.09. The molecular weight excluding hydrogens is 334 g/mol. The molecule has 114 valence electrons. The van der Waals surface area contributed by atoms with E-state index in [2.05, 4.69) is 88.9 Å². The van der Waals surface area contributed by atoms with Gasteiger partial charge in [-0.1, -0.05) is 60.1 Å². The van der Waals surface area contributed by atoms with Gasteiger partial charge in [-0.05, 0) is 47.6 Å². The van der Waals surface area contributed by atoms with Crippen LogP contribution < -0.4 is 0 Å². The Morgan fingerprint density at radius 2 is 1.73 bits per heavy atom. The van der Waals surface area contributed by atoms with Gasteiger partial charge in [0, 0.05) is 28.6 Å². The second-order valence-electron chi connectivity index (χ2n) is 6.33. The zero-order valence-corrected chi connectivity index (χ0v) is 14.8. The molecule has 1 heterocycles. The molecule has 0 radical (unpaired) electrons. The topological polar surface area (TPSA) is 4.93 Å². The number of aromatic nitrogens is 1. The van der Waals surface area contributed by atoms with Gasteiger partial charge in [-0.3, -0.25) is 0 Å². The van der Waals surface area contributed by atoms with Crippen LogP contribution in [0.4, 0.5) is 0 Å². The second-order valence-corrected chi connectivity index (χ2v) is 7.25. The van der Waals surface area contributed by atoms with Gasteiger partial charge in [-0.15, -0.1) is 0 Å². The average Bonchev–Trinajstić information content (AvgIpc) is 2.85. The molecule has 0 spiro atoms. The number of para-hydroxylation sites is 1. The van der Waals surface area contributed by atoms with E-state index in [1.807, 2.05) is 0 Å². The van der Waals surface area contributed by atoms with E-state index >= 15 is 0 Å². The van der Waals surface area contributed by atoms with Gasteiger partial charge in [-0.2, -0.15) is 0 Å². The van der Waals surface area contributed by atoms with Crippen LogP contribution in [0.15, 0.2) is 59.1 Å². The Balaban J connectivity index is 1.96. The lowest BCUT2D eigenvalue weighted by Crippen LogP contribution is -2.06. The monoisotopic (exact) mass is 355 g/mol. The molecule has 3 rings (SSSR count). The third kappa shape index (κ3) is 3.44. The summed E-state index contributed by atoms with van der Waals surface area (Å²) in [5.41, 5.74) is 4.12. The van der Waals surface area contributed by atoms with Crippen molar-refractivity contribution in [1.82, 2.24) is 4.57 Å². The fourth-order valence-corrected chi connectivity index (χ4v) is 3.14. The first-order valence-corrected chi connectivity index (χ1v) is 8.74. The van der Waals surface area contributed by atoms with Gasteiger partial charge in [-0.25, -0.2) is 0 Å². The molecule has 0 amide bonds.